The average Bonchev–Trinajstić information content (AvgIpc) is 3.33. The van der Waals surface area contributed by atoms with Crippen LogP contribution in [0.1, 0.15) is 54.1 Å². The highest BCUT2D eigenvalue weighted by atomic mass is 35.5. The van der Waals surface area contributed by atoms with Crippen molar-refractivity contribution in [3.63, 3.8) is 0 Å². The minimum atomic E-state index is -0.679. The molecule has 32 heavy (non-hydrogen) atoms. The zero-order chi connectivity index (χ0) is 23.0. The number of benzene rings is 1. The standard InChI is InChI=1S/C24H26ClNO5S/c1-13-9-10-32-23(13)20-19(22(28)24(29)26(20)14-7-5-4-6-8-14)21(27)15-11-18(31-3)16(25)12-17(15)30-2/h9-12,14,20,27H,4-8H2,1-3H3/b21-19+. The number of methoxy groups -OCH3 is 2. The minimum absolute atomic E-state index is 0.0290. The van der Waals surface area contributed by atoms with Crippen LogP contribution in [0.4, 0.5) is 0 Å². The molecule has 1 aromatic carbocycles. The smallest absolute Gasteiger partial charge is 0.295 e. The van der Waals surface area contributed by atoms with Crippen molar-refractivity contribution in [3.8, 4) is 11.5 Å². The van der Waals surface area contributed by atoms with Gasteiger partial charge in [-0.1, -0.05) is 30.9 Å². The van der Waals surface area contributed by atoms with E-state index in [1.54, 1.807) is 4.90 Å². The number of ketones is 1. The summed E-state index contributed by atoms with van der Waals surface area (Å²) in [6, 6.07) is 4.36. The number of likely N-dealkylation sites (tertiary alicyclic amines) is 1. The number of halogens is 1. The molecule has 2 heterocycles. The molecular formula is C24H26ClNO5S. The van der Waals surface area contributed by atoms with Crippen molar-refractivity contribution in [1.82, 2.24) is 4.90 Å². The minimum Gasteiger partial charge on any atom is -0.507 e. The van der Waals surface area contributed by atoms with Crippen molar-refractivity contribution in [3.05, 3.63) is 50.2 Å². The van der Waals surface area contributed by atoms with Crippen LogP contribution in [0, 0.1) is 6.92 Å². The molecular weight excluding hydrogens is 450 g/mol. The largest absolute Gasteiger partial charge is 0.507 e. The van der Waals surface area contributed by atoms with E-state index in [-0.39, 0.29) is 22.9 Å². The number of thiophene rings is 1. The number of nitrogens with zero attached hydrogens (tertiary/aromatic N) is 1. The number of rotatable bonds is 5. The fourth-order valence-electron chi connectivity index (χ4n) is 4.70. The number of aliphatic hydroxyl groups excluding tert-OH is 1. The predicted molar refractivity (Wildman–Crippen MR) is 125 cm³/mol. The van der Waals surface area contributed by atoms with E-state index < -0.39 is 17.7 Å². The highest BCUT2D eigenvalue weighted by Crippen LogP contribution is 2.47. The quantitative estimate of drug-likeness (QED) is 0.352. The van der Waals surface area contributed by atoms with E-state index in [1.165, 1.54) is 37.7 Å². The van der Waals surface area contributed by atoms with Gasteiger partial charge in [0.2, 0.25) is 0 Å². The maximum Gasteiger partial charge on any atom is 0.295 e. The second kappa shape index (κ2) is 9.16. The van der Waals surface area contributed by atoms with Crippen LogP contribution in [-0.2, 0) is 9.59 Å². The van der Waals surface area contributed by atoms with Crippen molar-refractivity contribution in [1.29, 1.82) is 0 Å². The van der Waals surface area contributed by atoms with Crippen LogP contribution in [-0.4, -0.2) is 42.0 Å². The van der Waals surface area contributed by atoms with Gasteiger partial charge >= 0.3 is 0 Å². The number of aliphatic hydroxyl groups is 1. The number of hydrogen-bond acceptors (Lipinski definition) is 6. The van der Waals surface area contributed by atoms with E-state index in [9.17, 15) is 14.7 Å². The zero-order valence-electron chi connectivity index (χ0n) is 18.3. The number of Topliss-reactive ketones (excluding diaryl/α,β-unsaturated/α-hetero) is 1. The van der Waals surface area contributed by atoms with Gasteiger partial charge in [-0.05, 0) is 42.8 Å². The van der Waals surface area contributed by atoms with Crippen molar-refractivity contribution < 1.29 is 24.2 Å². The van der Waals surface area contributed by atoms with Gasteiger partial charge in [-0.2, -0.15) is 0 Å². The third kappa shape index (κ3) is 3.77. The van der Waals surface area contributed by atoms with Gasteiger partial charge in [-0.15, -0.1) is 11.3 Å². The predicted octanol–water partition coefficient (Wildman–Crippen LogP) is 5.48. The number of aryl methyl sites for hydroxylation is 1. The summed E-state index contributed by atoms with van der Waals surface area (Å²) in [5, 5.41) is 13.7. The zero-order valence-corrected chi connectivity index (χ0v) is 19.9. The lowest BCUT2D eigenvalue weighted by Gasteiger charge is -2.35. The third-order valence-corrected chi connectivity index (χ3v) is 7.69. The van der Waals surface area contributed by atoms with Crippen molar-refractivity contribution in [2.45, 2.75) is 51.1 Å². The molecule has 2 aromatic rings. The average molecular weight is 476 g/mol. The van der Waals surface area contributed by atoms with Crippen molar-refractivity contribution >= 4 is 40.4 Å². The van der Waals surface area contributed by atoms with Crippen LogP contribution < -0.4 is 9.47 Å². The molecule has 1 saturated carbocycles. The Morgan fingerprint density at radius 2 is 1.81 bits per heavy atom. The molecule has 2 aliphatic rings. The molecule has 1 saturated heterocycles. The lowest BCUT2D eigenvalue weighted by Crippen LogP contribution is -2.40. The van der Waals surface area contributed by atoms with Crippen LogP contribution in [0.2, 0.25) is 5.02 Å². The first-order chi connectivity index (χ1) is 15.4. The molecule has 0 radical (unpaired) electrons. The van der Waals surface area contributed by atoms with Crippen molar-refractivity contribution in [2.24, 2.45) is 0 Å². The molecule has 1 N–H and O–H groups in total. The first-order valence-corrected chi connectivity index (χ1v) is 11.9. The van der Waals surface area contributed by atoms with E-state index in [1.807, 2.05) is 18.4 Å². The Kier molecular flexibility index (Phi) is 6.49. The fourth-order valence-corrected chi connectivity index (χ4v) is 5.96. The van der Waals surface area contributed by atoms with Crippen LogP contribution in [0.25, 0.3) is 5.76 Å². The molecule has 1 atom stereocenters. The molecule has 1 aromatic heterocycles. The summed E-state index contributed by atoms with van der Waals surface area (Å²) in [4.78, 5) is 29.2. The maximum atomic E-state index is 13.3. The second-order valence-corrected chi connectivity index (χ2v) is 9.51. The third-order valence-electron chi connectivity index (χ3n) is 6.33. The lowest BCUT2D eigenvalue weighted by molar-refractivity contribution is -0.141. The number of ether oxygens (including phenoxy) is 2. The highest BCUT2D eigenvalue weighted by Gasteiger charge is 2.50. The van der Waals surface area contributed by atoms with Gasteiger partial charge in [-0.3, -0.25) is 9.59 Å². The van der Waals surface area contributed by atoms with Gasteiger partial charge < -0.3 is 19.5 Å². The van der Waals surface area contributed by atoms with Gasteiger partial charge in [0.05, 0.1) is 30.4 Å². The van der Waals surface area contributed by atoms with Crippen LogP contribution in [0.3, 0.4) is 0 Å². The number of carbonyl (C=O) groups is 2. The van der Waals surface area contributed by atoms with Gasteiger partial charge in [-0.25, -0.2) is 0 Å². The summed E-state index contributed by atoms with van der Waals surface area (Å²) < 4.78 is 10.7. The molecule has 1 aliphatic heterocycles. The van der Waals surface area contributed by atoms with Gasteiger partial charge in [0.15, 0.2) is 0 Å². The molecule has 1 unspecified atom stereocenters. The number of carbonyl (C=O) groups excluding carboxylic acids is 2. The Morgan fingerprint density at radius 3 is 2.41 bits per heavy atom. The monoisotopic (exact) mass is 475 g/mol. The second-order valence-electron chi connectivity index (χ2n) is 8.15. The Balaban J connectivity index is 1.93. The number of amides is 1. The van der Waals surface area contributed by atoms with E-state index >= 15 is 0 Å². The SMILES string of the molecule is COc1cc(/C(O)=C2\C(=O)C(=O)N(C3CCCCC3)C2c2sccc2C)c(OC)cc1Cl. The summed E-state index contributed by atoms with van der Waals surface area (Å²) in [6.07, 6.45) is 4.88. The van der Waals surface area contributed by atoms with Crippen molar-refractivity contribution in [2.75, 3.05) is 14.2 Å². The molecule has 6 nitrogen and oxygen atoms in total. The molecule has 0 bridgehead atoms. The Hall–Kier alpha value is -2.51. The molecule has 4 rings (SSSR count). The lowest BCUT2D eigenvalue weighted by atomic mass is 9.92. The Bertz CT molecular complexity index is 1090. The Morgan fingerprint density at radius 1 is 1.12 bits per heavy atom. The van der Waals surface area contributed by atoms with Gasteiger partial charge in [0, 0.05) is 17.0 Å². The molecule has 1 amide bonds. The molecule has 0 spiro atoms. The molecule has 2 fully saturated rings. The van der Waals surface area contributed by atoms with Crippen LogP contribution in [0.5, 0.6) is 11.5 Å². The first kappa shape index (κ1) is 22.7. The van der Waals surface area contributed by atoms with E-state index in [0.717, 1.165) is 42.5 Å². The van der Waals surface area contributed by atoms with E-state index in [0.29, 0.717) is 16.5 Å². The van der Waals surface area contributed by atoms with Crippen LogP contribution >= 0.6 is 22.9 Å². The molecule has 170 valence electrons. The number of hydrogen-bond donors (Lipinski definition) is 1. The Labute approximate surface area is 196 Å². The summed E-state index contributed by atoms with van der Waals surface area (Å²) in [7, 11) is 2.92. The summed E-state index contributed by atoms with van der Waals surface area (Å²) in [5.74, 6) is -0.900. The summed E-state index contributed by atoms with van der Waals surface area (Å²) in [6.45, 7) is 1.96. The summed E-state index contributed by atoms with van der Waals surface area (Å²) in [5.41, 5.74) is 1.32. The van der Waals surface area contributed by atoms with E-state index in [2.05, 4.69) is 0 Å². The highest BCUT2D eigenvalue weighted by molar-refractivity contribution is 7.10. The molecule has 8 heteroatoms. The van der Waals surface area contributed by atoms with E-state index in [4.69, 9.17) is 21.1 Å². The fraction of sp³-hybridized carbons (Fsp3) is 0.417. The van der Waals surface area contributed by atoms with Gasteiger partial charge in [0.1, 0.15) is 23.3 Å². The van der Waals surface area contributed by atoms with Gasteiger partial charge in [0.25, 0.3) is 11.7 Å². The first-order valence-electron chi connectivity index (χ1n) is 10.6. The van der Waals surface area contributed by atoms with Crippen LogP contribution in [0.15, 0.2) is 29.2 Å². The topological polar surface area (TPSA) is 76.1 Å². The molecule has 1 aliphatic carbocycles. The maximum absolute atomic E-state index is 13.3. The summed E-state index contributed by atoms with van der Waals surface area (Å²) >= 11 is 7.71. The normalized spacial score (nSPS) is 21.2.